The van der Waals surface area contributed by atoms with E-state index in [0.717, 1.165) is 0 Å². The number of hydrogen-bond donors (Lipinski definition) is 1. The van der Waals surface area contributed by atoms with Gasteiger partial charge in [0.1, 0.15) is 0 Å². The standard InChI is InChI=1S/C14H25N3O4/c1-20-12(18)10-16-4-6-17(7-5-16)13(19)14(11-15)2-8-21-9-3-14/h2-11,15H2,1H3. The Morgan fingerprint density at radius 2 is 1.81 bits per heavy atom. The van der Waals surface area contributed by atoms with Gasteiger partial charge in [-0.25, -0.2) is 0 Å². The quantitative estimate of drug-likeness (QED) is 0.674. The van der Waals surface area contributed by atoms with E-state index in [-0.39, 0.29) is 18.4 Å². The summed E-state index contributed by atoms with van der Waals surface area (Å²) in [4.78, 5) is 27.9. The van der Waals surface area contributed by atoms with Crippen molar-refractivity contribution in [2.24, 2.45) is 11.1 Å². The minimum atomic E-state index is -0.456. The molecule has 120 valence electrons. The third-order valence-corrected chi connectivity index (χ3v) is 4.53. The van der Waals surface area contributed by atoms with Crippen LogP contribution in [0.1, 0.15) is 12.8 Å². The lowest BCUT2D eigenvalue weighted by molar-refractivity contribution is -0.149. The number of nitrogens with two attached hydrogens (primary N) is 1. The monoisotopic (exact) mass is 299 g/mol. The van der Waals surface area contributed by atoms with Crippen LogP contribution in [0.5, 0.6) is 0 Å². The second-order valence-electron chi connectivity index (χ2n) is 5.74. The van der Waals surface area contributed by atoms with Crippen molar-refractivity contribution in [3.05, 3.63) is 0 Å². The summed E-state index contributed by atoms with van der Waals surface area (Å²) in [6.45, 7) is 4.52. The van der Waals surface area contributed by atoms with E-state index < -0.39 is 5.41 Å². The van der Waals surface area contributed by atoms with Gasteiger partial charge < -0.3 is 20.1 Å². The fourth-order valence-corrected chi connectivity index (χ4v) is 2.96. The van der Waals surface area contributed by atoms with Crippen molar-refractivity contribution in [2.45, 2.75) is 12.8 Å². The maximum Gasteiger partial charge on any atom is 0.319 e. The summed E-state index contributed by atoms with van der Waals surface area (Å²) in [7, 11) is 1.39. The molecule has 0 atom stereocenters. The first kappa shape index (κ1) is 16.2. The molecule has 0 aromatic heterocycles. The van der Waals surface area contributed by atoms with E-state index in [0.29, 0.717) is 58.8 Å². The molecule has 2 heterocycles. The third-order valence-electron chi connectivity index (χ3n) is 4.53. The molecule has 2 rings (SSSR count). The highest BCUT2D eigenvalue weighted by Gasteiger charge is 2.42. The first-order chi connectivity index (χ1) is 10.1. The zero-order chi connectivity index (χ0) is 15.3. The zero-order valence-corrected chi connectivity index (χ0v) is 12.7. The van der Waals surface area contributed by atoms with E-state index >= 15 is 0 Å². The minimum Gasteiger partial charge on any atom is -0.468 e. The Bertz CT molecular complexity index is 374. The fourth-order valence-electron chi connectivity index (χ4n) is 2.96. The van der Waals surface area contributed by atoms with Gasteiger partial charge in [0.2, 0.25) is 5.91 Å². The van der Waals surface area contributed by atoms with Crippen molar-refractivity contribution in [2.75, 3.05) is 59.6 Å². The maximum atomic E-state index is 12.8. The molecule has 2 N–H and O–H groups in total. The summed E-state index contributed by atoms with van der Waals surface area (Å²) >= 11 is 0. The maximum absolute atomic E-state index is 12.8. The van der Waals surface area contributed by atoms with Crippen LogP contribution in [-0.2, 0) is 19.1 Å². The van der Waals surface area contributed by atoms with E-state index in [1.165, 1.54) is 7.11 Å². The molecule has 1 amide bonds. The second kappa shape index (κ2) is 7.20. The SMILES string of the molecule is COC(=O)CN1CCN(C(=O)C2(CN)CCOCC2)CC1. The van der Waals surface area contributed by atoms with Gasteiger partial charge in [-0.05, 0) is 12.8 Å². The number of carbonyl (C=O) groups is 2. The van der Waals surface area contributed by atoms with E-state index in [9.17, 15) is 9.59 Å². The molecular weight excluding hydrogens is 274 g/mol. The van der Waals surface area contributed by atoms with E-state index in [1.54, 1.807) is 0 Å². The number of amides is 1. The normalized spacial score (nSPS) is 22.9. The predicted octanol–water partition coefficient (Wildman–Crippen LogP) is -0.941. The molecule has 0 aliphatic carbocycles. The van der Waals surface area contributed by atoms with Gasteiger partial charge in [0.15, 0.2) is 0 Å². The number of methoxy groups -OCH3 is 1. The highest BCUT2D eigenvalue weighted by atomic mass is 16.5. The average Bonchev–Trinajstić information content (AvgIpc) is 2.55. The van der Waals surface area contributed by atoms with Gasteiger partial charge in [0, 0.05) is 45.9 Å². The molecule has 21 heavy (non-hydrogen) atoms. The molecule has 0 aromatic rings. The van der Waals surface area contributed by atoms with Crippen LogP contribution in [0, 0.1) is 5.41 Å². The van der Waals surface area contributed by atoms with E-state index in [1.807, 2.05) is 9.80 Å². The molecule has 0 radical (unpaired) electrons. The van der Waals surface area contributed by atoms with Crippen molar-refractivity contribution in [1.29, 1.82) is 0 Å². The molecule has 2 aliphatic rings. The van der Waals surface area contributed by atoms with Gasteiger partial charge in [-0.2, -0.15) is 0 Å². The number of rotatable bonds is 4. The average molecular weight is 299 g/mol. The van der Waals surface area contributed by atoms with Crippen LogP contribution in [0.2, 0.25) is 0 Å². The molecule has 0 unspecified atom stereocenters. The summed E-state index contributed by atoms with van der Waals surface area (Å²) in [6, 6.07) is 0. The molecular formula is C14H25N3O4. The third kappa shape index (κ3) is 3.72. The molecule has 0 bridgehead atoms. The second-order valence-corrected chi connectivity index (χ2v) is 5.74. The van der Waals surface area contributed by atoms with Crippen molar-refractivity contribution in [1.82, 2.24) is 9.80 Å². The van der Waals surface area contributed by atoms with Crippen LogP contribution >= 0.6 is 0 Å². The smallest absolute Gasteiger partial charge is 0.319 e. The van der Waals surface area contributed by atoms with Gasteiger partial charge in [0.25, 0.3) is 0 Å². The Morgan fingerprint density at radius 3 is 2.33 bits per heavy atom. The number of hydrogen-bond acceptors (Lipinski definition) is 6. The largest absolute Gasteiger partial charge is 0.468 e. The number of piperazine rings is 1. The first-order valence-electron chi connectivity index (χ1n) is 7.48. The van der Waals surface area contributed by atoms with Crippen LogP contribution in [0.4, 0.5) is 0 Å². The summed E-state index contributed by atoms with van der Waals surface area (Å²) in [6.07, 6.45) is 1.40. The number of carbonyl (C=O) groups excluding carboxylic acids is 2. The van der Waals surface area contributed by atoms with E-state index in [4.69, 9.17) is 10.5 Å². The molecule has 0 aromatic carbocycles. The number of nitrogens with zero attached hydrogens (tertiary/aromatic N) is 2. The van der Waals surface area contributed by atoms with Crippen molar-refractivity contribution in [3.63, 3.8) is 0 Å². The van der Waals surface area contributed by atoms with Crippen molar-refractivity contribution < 1.29 is 19.1 Å². The molecule has 7 nitrogen and oxygen atoms in total. The Balaban J connectivity index is 1.88. The summed E-state index contributed by atoms with van der Waals surface area (Å²) in [5.74, 6) is -0.0938. The minimum absolute atomic E-state index is 0.144. The fraction of sp³-hybridized carbons (Fsp3) is 0.857. The van der Waals surface area contributed by atoms with Crippen LogP contribution in [0.25, 0.3) is 0 Å². The van der Waals surface area contributed by atoms with Gasteiger partial charge in [-0.1, -0.05) is 0 Å². The lowest BCUT2D eigenvalue weighted by Gasteiger charge is -2.42. The van der Waals surface area contributed by atoms with Gasteiger partial charge in [-0.3, -0.25) is 14.5 Å². The van der Waals surface area contributed by atoms with Gasteiger partial charge in [0.05, 0.1) is 19.1 Å². The Morgan fingerprint density at radius 1 is 1.19 bits per heavy atom. The zero-order valence-electron chi connectivity index (χ0n) is 12.7. The predicted molar refractivity (Wildman–Crippen MR) is 76.6 cm³/mol. The lowest BCUT2D eigenvalue weighted by Crippen LogP contribution is -2.56. The van der Waals surface area contributed by atoms with Crippen LogP contribution in [0.3, 0.4) is 0 Å². The molecule has 7 heteroatoms. The van der Waals surface area contributed by atoms with E-state index in [2.05, 4.69) is 4.74 Å². The highest BCUT2D eigenvalue weighted by molar-refractivity contribution is 5.83. The molecule has 0 saturated carbocycles. The number of ether oxygens (including phenoxy) is 2. The highest BCUT2D eigenvalue weighted by Crippen LogP contribution is 2.32. The van der Waals surface area contributed by atoms with Crippen LogP contribution in [-0.4, -0.2) is 81.3 Å². The topological polar surface area (TPSA) is 85.1 Å². The number of esters is 1. The van der Waals surface area contributed by atoms with Crippen LogP contribution < -0.4 is 5.73 Å². The van der Waals surface area contributed by atoms with Crippen LogP contribution in [0.15, 0.2) is 0 Å². The van der Waals surface area contributed by atoms with Crippen molar-refractivity contribution >= 4 is 11.9 Å². The Labute approximate surface area is 125 Å². The first-order valence-corrected chi connectivity index (χ1v) is 7.48. The summed E-state index contributed by atoms with van der Waals surface area (Å²) in [5, 5.41) is 0. The summed E-state index contributed by atoms with van der Waals surface area (Å²) in [5.41, 5.74) is 5.43. The molecule has 0 spiro atoms. The molecule has 2 fully saturated rings. The molecule has 2 saturated heterocycles. The molecule has 2 aliphatic heterocycles. The van der Waals surface area contributed by atoms with Crippen molar-refractivity contribution in [3.8, 4) is 0 Å². The Hall–Kier alpha value is -1.18. The van der Waals surface area contributed by atoms with Gasteiger partial charge in [-0.15, -0.1) is 0 Å². The van der Waals surface area contributed by atoms with Gasteiger partial charge >= 0.3 is 5.97 Å². The lowest BCUT2D eigenvalue weighted by atomic mass is 9.78. The Kier molecular flexibility index (Phi) is 5.55. The summed E-state index contributed by atoms with van der Waals surface area (Å²) < 4.78 is 10.0.